The molecule has 0 saturated carbocycles. The van der Waals surface area contributed by atoms with Gasteiger partial charge in [-0.25, -0.2) is 19.1 Å². The first-order valence-electron chi connectivity index (χ1n) is 15.2. The third kappa shape index (κ3) is 4.85. The fourth-order valence-corrected chi connectivity index (χ4v) is 6.94. The average Bonchev–Trinajstić information content (AvgIpc) is 3.86. The second kappa shape index (κ2) is 11.1. The zero-order chi connectivity index (χ0) is 32.2. The van der Waals surface area contributed by atoms with Crippen LogP contribution in [-0.4, -0.2) is 43.1 Å². The fraction of sp³-hybridized carbons (Fsp3) is 0.235. The highest BCUT2D eigenvalue weighted by Crippen LogP contribution is 2.49. The summed E-state index contributed by atoms with van der Waals surface area (Å²) in [5.74, 6) is -2.42. The van der Waals surface area contributed by atoms with Crippen molar-refractivity contribution in [3.63, 3.8) is 0 Å². The van der Waals surface area contributed by atoms with Crippen LogP contribution < -0.4 is 16.8 Å². The van der Waals surface area contributed by atoms with Gasteiger partial charge in [0.15, 0.2) is 5.58 Å². The maximum absolute atomic E-state index is 14.0. The van der Waals surface area contributed by atoms with Crippen LogP contribution in [0.5, 0.6) is 0 Å². The van der Waals surface area contributed by atoms with Gasteiger partial charge < -0.3 is 19.1 Å². The number of aryl methyl sites for hydroxylation is 1. The number of nitrogens with one attached hydrogen (secondary N) is 2. The van der Waals surface area contributed by atoms with Crippen molar-refractivity contribution in [1.82, 2.24) is 30.0 Å². The maximum Gasteiger partial charge on any atom is 0.434 e. The summed E-state index contributed by atoms with van der Waals surface area (Å²) in [4.78, 5) is 45.4. The number of nitrogens with zero attached hydrogens (tertiary/aromatic N) is 5. The Morgan fingerprint density at radius 2 is 1.87 bits per heavy atom. The SMILES string of the molecule is N#Cc1ccc(Cn2c(=O)oc3cc(C4C5=C(NC(CCc6ccc(F)cc6)=C4c4n[nH]c(=O)o4)[C@@H]4CCCN4C5=O)ccc32)nc1. The zero-order valence-electron chi connectivity index (χ0n) is 24.8. The molecule has 47 heavy (non-hydrogen) atoms. The molecule has 0 bridgehead atoms. The molecule has 13 heteroatoms. The predicted octanol–water partition coefficient (Wildman–Crippen LogP) is 3.71. The van der Waals surface area contributed by atoms with Gasteiger partial charge in [0.2, 0.25) is 5.89 Å². The number of halogens is 1. The van der Waals surface area contributed by atoms with Crippen molar-refractivity contribution >= 4 is 22.6 Å². The second-order valence-electron chi connectivity index (χ2n) is 11.8. The molecule has 3 aliphatic rings. The summed E-state index contributed by atoms with van der Waals surface area (Å²) in [5, 5.41) is 19.2. The number of amides is 1. The second-order valence-corrected chi connectivity index (χ2v) is 11.8. The number of hydrogen-bond donors (Lipinski definition) is 2. The highest BCUT2D eigenvalue weighted by Gasteiger charge is 2.49. The predicted molar refractivity (Wildman–Crippen MR) is 165 cm³/mol. The standard InChI is InChI=1S/C34H26FN7O5/c35-21-8-3-18(4-9-21)6-11-23-28(31-39-40-33(44)47-31)27(29-30(38-23)25-2-1-13-41(25)32(29)43)20-7-12-24-26(14-20)46-34(45)42(24)17-22-10-5-19(15-36)16-37-22/h3-5,7-10,12,14,16,25,27,38H,1-2,6,11,13,17H2,(H,40,44)/t25-,27?/m0/s1. The minimum atomic E-state index is -0.739. The van der Waals surface area contributed by atoms with Gasteiger partial charge in [-0.2, -0.15) is 5.26 Å². The number of aromatic amines is 1. The Kier molecular flexibility index (Phi) is 6.71. The lowest BCUT2D eigenvalue weighted by Gasteiger charge is -2.30. The highest BCUT2D eigenvalue weighted by atomic mass is 19.1. The summed E-state index contributed by atoms with van der Waals surface area (Å²) in [7, 11) is 0. The molecule has 0 radical (unpaired) electrons. The van der Waals surface area contributed by atoms with E-state index in [2.05, 4.69) is 20.5 Å². The minimum Gasteiger partial charge on any atom is -0.408 e. The number of hydrogen-bond acceptors (Lipinski definition) is 9. The van der Waals surface area contributed by atoms with Crippen LogP contribution >= 0.6 is 0 Å². The first-order valence-corrected chi connectivity index (χ1v) is 15.2. The normalized spacial score (nSPS) is 18.9. The molecule has 2 N–H and O–H groups in total. The number of carbonyl (C=O) groups excluding carboxylic acids is 1. The number of nitriles is 1. The van der Waals surface area contributed by atoms with Crippen molar-refractivity contribution in [3.8, 4) is 6.07 Å². The number of benzene rings is 2. The number of pyridine rings is 1. The summed E-state index contributed by atoms with van der Waals surface area (Å²) in [6.07, 6.45) is 4.13. The van der Waals surface area contributed by atoms with E-state index in [0.717, 1.165) is 29.8 Å². The topological polar surface area (TPSA) is 163 Å². The molecule has 1 saturated heterocycles. The number of carbonyl (C=O) groups is 1. The van der Waals surface area contributed by atoms with Crippen molar-refractivity contribution in [1.29, 1.82) is 5.26 Å². The quantitative estimate of drug-likeness (QED) is 0.273. The molecule has 2 atom stereocenters. The van der Waals surface area contributed by atoms with Crippen molar-refractivity contribution < 1.29 is 18.0 Å². The van der Waals surface area contributed by atoms with Gasteiger partial charge >= 0.3 is 11.5 Å². The molecule has 3 aliphatic heterocycles. The van der Waals surface area contributed by atoms with Crippen LogP contribution in [0.15, 0.2) is 96.2 Å². The molecule has 8 rings (SSSR count). The van der Waals surface area contributed by atoms with Crippen molar-refractivity contribution in [2.24, 2.45) is 0 Å². The van der Waals surface area contributed by atoms with E-state index < -0.39 is 17.4 Å². The Balaban J connectivity index is 1.25. The van der Waals surface area contributed by atoms with Gasteiger partial charge in [-0.05, 0) is 73.2 Å². The smallest absolute Gasteiger partial charge is 0.408 e. The van der Waals surface area contributed by atoms with Crippen LogP contribution in [0.4, 0.5) is 4.39 Å². The summed E-state index contributed by atoms with van der Waals surface area (Å²) < 4.78 is 26.3. The number of rotatable bonds is 7. The van der Waals surface area contributed by atoms with Crippen molar-refractivity contribution in [2.45, 2.75) is 44.2 Å². The Bertz CT molecular complexity index is 2290. The molecule has 1 unspecified atom stereocenters. The molecular formula is C34H26FN7O5. The van der Waals surface area contributed by atoms with Gasteiger partial charge in [0.25, 0.3) is 5.91 Å². The van der Waals surface area contributed by atoms with Crippen LogP contribution in [0.3, 0.4) is 0 Å². The Morgan fingerprint density at radius 1 is 1.02 bits per heavy atom. The molecule has 0 aliphatic carbocycles. The van der Waals surface area contributed by atoms with Crippen LogP contribution in [0, 0.1) is 17.1 Å². The number of H-pyrrole nitrogens is 1. The maximum atomic E-state index is 14.0. The summed E-state index contributed by atoms with van der Waals surface area (Å²) in [5.41, 5.74) is 5.96. The van der Waals surface area contributed by atoms with Gasteiger partial charge in [-0.15, -0.1) is 5.10 Å². The van der Waals surface area contributed by atoms with E-state index in [-0.39, 0.29) is 30.2 Å². The molecule has 3 aromatic heterocycles. The Hall–Kier alpha value is -6.03. The summed E-state index contributed by atoms with van der Waals surface area (Å²) in [6.45, 7) is 0.758. The molecule has 12 nitrogen and oxygen atoms in total. The first-order chi connectivity index (χ1) is 22.9. The number of oxazole rings is 1. The zero-order valence-corrected chi connectivity index (χ0v) is 24.8. The number of fused-ring (bicyclic) bond motifs is 3. The Labute approximate surface area is 265 Å². The average molecular weight is 632 g/mol. The van der Waals surface area contributed by atoms with Gasteiger partial charge in [0.05, 0.1) is 34.9 Å². The molecular weight excluding hydrogens is 605 g/mol. The van der Waals surface area contributed by atoms with Crippen LogP contribution in [0.2, 0.25) is 0 Å². The molecule has 1 amide bonds. The van der Waals surface area contributed by atoms with E-state index in [1.165, 1.54) is 22.9 Å². The third-order valence-corrected chi connectivity index (χ3v) is 9.10. The fourth-order valence-electron chi connectivity index (χ4n) is 6.94. The van der Waals surface area contributed by atoms with Crippen LogP contribution in [0.1, 0.15) is 53.5 Å². The number of dihydropyridines is 1. The van der Waals surface area contributed by atoms with Gasteiger partial charge in [-0.1, -0.05) is 18.2 Å². The molecule has 234 valence electrons. The highest BCUT2D eigenvalue weighted by molar-refractivity contribution is 6.03. The van der Waals surface area contributed by atoms with Gasteiger partial charge in [-0.3, -0.25) is 14.3 Å². The van der Waals surface area contributed by atoms with Crippen molar-refractivity contribution in [3.05, 3.63) is 133 Å². The van der Waals surface area contributed by atoms with E-state index in [4.69, 9.17) is 14.1 Å². The largest absolute Gasteiger partial charge is 0.434 e. The third-order valence-electron chi connectivity index (χ3n) is 9.10. The lowest BCUT2D eigenvalue weighted by Crippen LogP contribution is -2.32. The van der Waals surface area contributed by atoms with Gasteiger partial charge in [0.1, 0.15) is 11.9 Å². The Morgan fingerprint density at radius 3 is 2.62 bits per heavy atom. The summed E-state index contributed by atoms with van der Waals surface area (Å²) in [6, 6.07) is 16.8. The number of aromatic nitrogens is 4. The van der Waals surface area contributed by atoms with E-state index in [9.17, 15) is 18.8 Å². The molecule has 0 spiro atoms. The van der Waals surface area contributed by atoms with Crippen molar-refractivity contribution in [2.75, 3.05) is 6.54 Å². The van der Waals surface area contributed by atoms with Gasteiger partial charge in [0, 0.05) is 35.6 Å². The monoisotopic (exact) mass is 631 g/mol. The van der Waals surface area contributed by atoms with Crippen LogP contribution in [-0.2, 0) is 17.8 Å². The number of allylic oxidation sites excluding steroid dienone is 2. The first kappa shape index (κ1) is 28.4. The van der Waals surface area contributed by atoms with Crippen LogP contribution in [0.25, 0.3) is 16.7 Å². The van der Waals surface area contributed by atoms with E-state index in [1.807, 2.05) is 17.0 Å². The lowest BCUT2D eigenvalue weighted by molar-refractivity contribution is -0.126. The molecule has 5 aromatic rings. The minimum absolute atomic E-state index is 0.0408. The lowest BCUT2D eigenvalue weighted by atomic mass is 9.79. The van der Waals surface area contributed by atoms with E-state index in [1.54, 1.807) is 36.4 Å². The van der Waals surface area contributed by atoms with E-state index >= 15 is 0 Å². The summed E-state index contributed by atoms with van der Waals surface area (Å²) >= 11 is 0. The molecule has 2 aromatic carbocycles. The van der Waals surface area contributed by atoms with E-state index in [0.29, 0.717) is 58.5 Å². The molecule has 6 heterocycles. The molecule has 1 fully saturated rings.